The standard InChI is InChI=1S/C10H12O4/c1-12-10(13-2,14-8-11)9-6-4-3-5-7-9/h3-8H,1-2H3. The molecule has 1 rings (SSSR count). The van der Waals surface area contributed by atoms with Crippen molar-refractivity contribution in [3.05, 3.63) is 35.9 Å². The summed E-state index contributed by atoms with van der Waals surface area (Å²) in [5.41, 5.74) is 0.622. The van der Waals surface area contributed by atoms with E-state index in [9.17, 15) is 4.79 Å². The van der Waals surface area contributed by atoms with Crippen LogP contribution >= 0.6 is 0 Å². The number of methoxy groups -OCH3 is 2. The summed E-state index contributed by atoms with van der Waals surface area (Å²) in [4.78, 5) is 10.3. The molecule has 76 valence electrons. The van der Waals surface area contributed by atoms with Crippen molar-refractivity contribution in [2.24, 2.45) is 0 Å². The first-order chi connectivity index (χ1) is 6.79. The van der Waals surface area contributed by atoms with Gasteiger partial charge in [0, 0.05) is 14.2 Å². The number of ether oxygens (including phenoxy) is 3. The summed E-state index contributed by atoms with van der Waals surface area (Å²) in [5, 5.41) is 0. The molecule has 4 nitrogen and oxygen atoms in total. The van der Waals surface area contributed by atoms with Crippen molar-refractivity contribution >= 4 is 6.47 Å². The van der Waals surface area contributed by atoms with E-state index in [1.165, 1.54) is 14.2 Å². The van der Waals surface area contributed by atoms with E-state index in [0.717, 1.165) is 0 Å². The first kappa shape index (κ1) is 10.7. The van der Waals surface area contributed by atoms with Crippen LogP contribution in [-0.4, -0.2) is 20.7 Å². The van der Waals surface area contributed by atoms with E-state index in [4.69, 9.17) is 14.2 Å². The van der Waals surface area contributed by atoms with Gasteiger partial charge in [0.25, 0.3) is 6.47 Å². The van der Waals surface area contributed by atoms with E-state index in [1.807, 2.05) is 6.07 Å². The molecule has 0 saturated carbocycles. The van der Waals surface area contributed by atoms with Crippen LogP contribution in [0, 0.1) is 0 Å². The van der Waals surface area contributed by atoms with Gasteiger partial charge in [0.1, 0.15) is 0 Å². The molecular weight excluding hydrogens is 184 g/mol. The van der Waals surface area contributed by atoms with E-state index in [2.05, 4.69) is 0 Å². The lowest BCUT2D eigenvalue weighted by Gasteiger charge is -2.27. The van der Waals surface area contributed by atoms with Gasteiger partial charge in [-0.2, -0.15) is 0 Å². The van der Waals surface area contributed by atoms with Crippen molar-refractivity contribution in [1.82, 2.24) is 0 Å². The van der Waals surface area contributed by atoms with Gasteiger partial charge in [-0.25, -0.2) is 0 Å². The van der Waals surface area contributed by atoms with Crippen LogP contribution < -0.4 is 0 Å². The zero-order valence-corrected chi connectivity index (χ0v) is 8.10. The fraction of sp³-hybridized carbons (Fsp3) is 0.300. The highest BCUT2D eigenvalue weighted by Gasteiger charge is 2.34. The van der Waals surface area contributed by atoms with Crippen LogP contribution in [-0.2, 0) is 25.0 Å². The van der Waals surface area contributed by atoms with Gasteiger partial charge in [-0.3, -0.25) is 4.79 Å². The van der Waals surface area contributed by atoms with Gasteiger partial charge in [0.2, 0.25) is 0 Å². The predicted octanol–water partition coefficient (Wildman–Crippen LogP) is 1.26. The maximum Gasteiger partial charge on any atom is 0.357 e. The van der Waals surface area contributed by atoms with Crippen LogP contribution in [0.3, 0.4) is 0 Å². The monoisotopic (exact) mass is 196 g/mol. The minimum atomic E-state index is -1.44. The van der Waals surface area contributed by atoms with Gasteiger partial charge in [0.05, 0.1) is 5.56 Å². The third-order valence-electron chi connectivity index (χ3n) is 1.87. The highest BCUT2D eigenvalue weighted by atomic mass is 16.9. The summed E-state index contributed by atoms with van der Waals surface area (Å²) >= 11 is 0. The van der Waals surface area contributed by atoms with Gasteiger partial charge in [0.15, 0.2) is 0 Å². The second-order valence-corrected chi connectivity index (χ2v) is 2.54. The molecular formula is C10H12O4. The largest absolute Gasteiger partial charge is 0.406 e. The molecule has 0 atom stereocenters. The van der Waals surface area contributed by atoms with Gasteiger partial charge < -0.3 is 14.2 Å². The summed E-state index contributed by atoms with van der Waals surface area (Å²) < 4.78 is 14.9. The van der Waals surface area contributed by atoms with Crippen LogP contribution in [0.1, 0.15) is 5.56 Å². The molecule has 0 bridgehead atoms. The summed E-state index contributed by atoms with van der Waals surface area (Å²) in [7, 11) is 2.81. The minimum absolute atomic E-state index is 0.292. The Morgan fingerprint density at radius 2 is 1.71 bits per heavy atom. The highest BCUT2D eigenvalue weighted by molar-refractivity contribution is 5.39. The fourth-order valence-electron chi connectivity index (χ4n) is 1.19. The molecule has 0 amide bonds. The maximum atomic E-state index is 10.3. The molecule has 0 heterocycles. The number of carbonyl (C=O) groups excluding carboxylic acids is 1. The normalized spacial score (nSPS) is 11.0. The Labute approximate surface area is 82.4 Å². The van der Waals surface area contributed by atoms with Crippen molar-refractivity contribution in [3.8, 4) is 0 Å². The smallest absolute Gasteiger partial charge is 0.357 e. The third kappa shape index (κ3) is 1.92. The van der Waals surface area contributed by atoms with Gasteiger partial charge in [-0.1, -0.05) is 18.2 Å². The van der Waals surface area contributed by atoms with E-state index < -0.39 is 5.97 Å². The lowest BCUT2D eigenvalue weighted by Crippen LogP contribution is -2.33. The van der Waals surface area contributed by atoms with Crippen molar-refractivity contribution in [2.45, 2.75) is 5.97 Å². The summed E-state index contributed by atoms with van der Waals surface area (Å²) in [6.07, 6.45) is 0. The molecule has 0 spiro atoms. The topological polar surface area (TPSA) is 44.8 Å². The van der Waals surface area contributed by atoms with Crippen molar-refractivity contribution in [3.63, 3.8) is 0 Å². The SMILES string of the molecule is COC(OC)(OC=O)c1ccccc1. The molecule has 0 aliphatic carbocycles. The average Bonchev–Trinajstić information content (AvgIpc) is 2.27. The summed E-state index contributed by atoms with van der Waals surface area (Å²) in [5.74, 6) is -1.44. The van der Waals surface area contributed by atoms with E-state index in [0.29, 0.717) is 12.0 Å². The number of carbonyl (C=O) groups is 1. The van der Waals surface area contributed by atoms with Gasteiger partial charge in [-0.15, -0.1) is 0 Å². The molecule has 1 aromatic carbocycles. The van der Waals surface area contributed by atoms with Gasteiger partial charge in [-0.05, 0) is 12.1 Å². The molecule has 0 saturated heterocycles. The van der Waals surface area contributed by atoms with E-state index in [-0.39, 0.29) is 0 Å². The molecule has 0 N–H and O–H groups in total. The van der Waals surface area contributed by atoms with Crippen molar-refractivity contribution < 1.29 is 19.0 Å². The summed E-state index contributed by atoms with van der Waals surface area (Å²) in [6, 6.07) is 8.94. The molecule has 1 aromatic rings. The Balaban J connectivity index is 3.03. The molecule has 0 aromatic heterocycles. The first-order valence-electron chi connectivity index (χ1n) is 4.06. The van der Waals surface area contributed by atoms with E-state index in [1.54, 1.807) is 24.3 Å². The third-order valence-corrected chi connectivity index (χ3v) is 1.87. The molecule has 0 fully saturated rings. The highest BCUT2D eigenvalue weighted by Crippen LogP contribution is 2.26. The van der Waals surface area contributed by atoms with Crippen LogP contribution in [0.5, 0.6) is 0 Å². The Bertz CT molecular complexity index is 279. The van der Waals surface area contributed by atoms with Crippen LogP contribution in [0.4, 0.5) is 0 Å². The van der Waals surface area contributed by atoms with Crippen LogP contribution in [0.15, 0.2) is 30.3 Å². The quantitative estimate of drug-likeness (QED) is 0.525. The Kier molecular flexibility index (Phi) is 3.62. The van der Waals surface area contributed by atoms with Gasteiger partial charge >= 0.3 is 5.97 Å². The minimum Gasteiger partial charge on any atom is -0.406 e. The fourth-order valence-corrected chi connectivity index (χ4v) is 1.19. The molecule has 0 radical (unpaired) electrons. The first-order valence-corrected chi connectivity index (χ1v) is 4.06. The maximum absolute atomic E-state index is 10.3. The van der Waals surface area contributed by atoms with Crippen LogP contribution in [0.25, 0.3) is 0 Å². The summed E-state index contributed by atoms with van der Waals surface area (Å²) in [6.45, 7) is 0.292. The molecule has 0 unspecified atom stereocenters. The predicted molar refractivity (Wildman–Crippen MR) is 49.3 cm³/mol. The molecule has 0 aliphatic heterocycles. The average molecular weight is 196 g/mol. The second-order valence-electron chi connectivity index (χ2n) is 2.54. The zero-order valence-electron chi connectivity index (χ0n) is 8.10. The van der Waals surface area contributed by atoms with Crippen molar-refractivity contribution in [1.29, 1.82) is 0 Å². The lowest BCUT2D eigenvalue weighted by molar-refractivity contribution is -0.350. The Morgan fingerprint density at radius 3 is 2.14 bits per heavy atom. The second kappa shape index (κ2) is 4.74. The Hall–Kier alpha value is -1.39. The lowest BCUT2D eigenvalue weighted by atomic mass is 10.2. The van der Waals surface area contributed by atoms with Crippen molar-refractivity contribution in [2.75, 3.05) is 14.2 Å². The van der Waals surface area contributed by atoms with E-state index >= 15 is 0 Å². The molecule has 0 aliphatic rings. The number of rotatable bonds is 5. The molecule has 4 heteroatoms. The number of benzene rings is 1. The Morgan fingerprint density at radius 1 is 1.14 bits per heavy atom. The number of hydrogen-bond donors (Lipinski definition) is 0. The molecule has 14 heavy (non-hydrogen) atoms. The zero-order chi connectivity index (χ0) is 10.4. The number of hydrogen-bond acceptors (Lipinski definition) is 4. The van der Waals surface area contributed by atoms with Crippen LogP contribution in [0.2, 0.25) is 0 Å².